The van der Waals surface area contributed by atoms with Crippen LogP contribution in [-0.2, 0) is 14.3 Å². The van der Waals surface area contributed by atoms with E-state index in [9.17, 15) is 14.0 Å². The molecule has 0 aromatic heterocycles. The van der Waals surface area contributed by atoms with Gasteiger partial charge in [0.25, 0.3) is 0 Å². The number of rotatable bonds is 3. The number of hydrogen-bond acceptors (Lipinski definition) is 3. The minimum atomic E-state index is -1.39. The van der Waals surface area contributed by atoms with Gasteiger partial charge in [0.05, 0.1) is 6.61 Å². The van der Waals surface area contributed by atoms with E-state index in [0.29, 0.717) is 0 Å². The van der Waals surface area contributed by atoms with E-state index in [4.69, 9.17) is 0 Å². The molecule has 0 radical (unpaired) electrons. The molecule has 0 aromatic carbocycles. The van der Waals surface area contributed by atoms with E-state index < -0.39 is 12.1 Å². The molecule has 0 rings (SSSR count). The summed E-state index contributed by atoms with van der Waals surface area (Å²) in [5.41, 5.74) is 0. The Morgan fingerprint density at radius 3 is 2.60 bits per heavy atom. The van der Waals surface area contributed by atoms with Crippen molar-refractivity contribution < 1.29 is 48.3 Å². The van der Waals surface area contributed by atoms with Gasteiger partial charge in [-0.3, -0.25) is 4.79 Å². The van der Waals surface area contributed by atoms with Crippen molar-refractivity contribution in [3.63, 3.8) is 0 Å². The van der Waals surface area contributed by atoms with Crippen molar-refractivity contribution in [2.45, 2.75) is 6.92 Å². The van der Waals surface area contributed by atoms with Crippen LogP contribution in [0.15, 0.2) is 0 Å². The molecule has 0 fully saturated rings. The molecule has 3 nitrogen and oxygen atoms in total. The summed E-state index contributed by atoms with van der Waals surface area (Å²) in [6.45, 7) is 1.59. The van der Waals surface area contributed by atoms with Gasteiger partial charge in [0, 0.05) is 6.29 Å². The van der Waals surface area contributed by atoms with E-state index >= 15 is 0 Å². The van der Waals surface area contributed by atoms with Gasteiger partial charge in [0.15, 0.2) is 0 Å². The van der Waals surface area contributed by atoms with Crippen LogP contribution in [0.4, 0.5) is 4.39 Å². The van der Waals surface area contributed by atoms with Gasteiger partial charge in [-0.05, 0) is 6.92 Å². The molecule has 0 amide bonds. The standard InChI is InChI=1S/C5H6FO3.Na/c1-2-9-5(8)4(6)3-7;/h3H,2H2,1H3;/q-1;+1. The maximum absolute atomic E-state index is 11.8. The Bertz CT molecular complexity index is 117. The molecule has 0 aliphatic carbocycles. The molecule has 0 aromatic rings. The monoisotopic (exact) mass is 156 g/mol. The molecule has 0 spiro atoms. The molecule has 0 N–H and O–H groups in total. The fourth-order valence-electron chi connectivity index (χ4n) is 0.248. The molecular formula is C5H6FNaO3. The van der Waals surface area contributed by atoms with E-state index in [1.165, 1.54) is 6.92 Å². The third-order valence-electron chi connectivity index (χ3n) is 0.574. The zero-order valence-electron chi connectivity index (χ0n) is 5.89. The Morgan fingerprint density at radius 1 is 1.80 bits per heavy atom. The summed E-state index contributed by atoms with van der Waals surface area (Å²) in [7, 11) is 0. The molecule has 0 saturated carbocycles. The van der Waals surface area contributed by atoms with Gasteiger partial charge in [0.1, 0.15) is 0 Å². The Morgan fingerprint density at radius 2 is 2.30 bits per heavy atom. The van der Waals surface area contributed by atoms with Crippen molar-refractivity contribution in [2.75, 3.05) is 6.61 Å². The number of halogens is 1. The van der Waals surface area contributed by atoms with E-state index in [1.807, 2.05) is 0 Å². The summed E-state index contributed by atoms with van der Waals surface area (Å²) in [5.74, 6) is -1.20. The zero-order valence-corrected chi connectivity index (χ0v) is 7.89. The van der Waals surface area contributed by atoms with Crippen molar-refractivity contribution in [1.29, 1.82) is 0 Å². The van der Waals surface area contributed by atoms with Gasteiger partial charge < -0.3 is 13.9 Å². The first kappa shape index (κ1) is 12.6. The van der Waals surface area contributed by atoms with Crippen molar-refractivity contribution in [1.82, 2.24) is 0 Å². The van der Waals surface area contributed by atoms with Crippen LogP contribution in [0, 0.1) is 6.17 Å². The van der Waals surface area contributed by atoms with Crippen LogP contribution in [0.1, 0.15) is 6.92 Å². The third-order valence-corrected chi connectivity index (χ3v) is 0.574. The Kier molecular flexibility index (Phi) is 8.89. The number of ether oxygens (including phenoxy) is 1. The van der Waals surface area contributed by atoms with Gasteiger partial charge in [-0.2, -0.15) is 0 Å². The average molecular weight is 156 g/mol. The predicted molar refractivity (Wildman–Crippen MR) is 27.0 cm³/mol. The largest absolute Gasteiger partial charge is 1.00 e. The van der Waals surface area contributed by atoms with Gasteiger partial charge in [0.2, 0.25) is 5.97 Å². The number of esters is 1. The summed E-state index contributed by atoms with van der Waals surface area (Å²) in [5, 5.41) is 0. The molecule has 0 aliphatic rings. The van der Waals surface area contributed by atoms with E-state index in [1.54, 1.807) is 0 Å². The van der Waals surface area contributed by atoms with Crippen molar-refractivity contribution in [3.8, 4) is 0 Å². The summed E-state index contributed by atoms with van der Waals surface area (Å²) in [4.78, 5) is 19.6. The maximum atomic E-state index is 11.8. The molecule has 0 saturated heterocycles. The summed E-state index contributed by atoms with van der Waals surface area (Å²) < 4.78 is 15.9. The topological polar surface area (TPSA) is 43.4 Å². The fourth-order valence-corrected chi connectivity index (χ4v) is 0.248. The third kappa shape index (κ3) is 4.78. The predicted octanol–water partition coefficient (Wildman–Crippen LogP) is -2.75. The first-order valence-corrected chi connectivity index (χ1v) is 2.37. The quantitative estimate of drug-likeness (QED) is 0.146. The average Bonchev–Trinajstić information content (AvgIpc) is 1.87. The summed E-state index contributed by atoms with van der Waals surface area (Å²) in [6.07, 6.45) is -1.57. The van der Waals surface area contributed by atoms with Gasteiger partial charge in [-0.1, -0.05) is 6.17 Å². The molecule has 0 heterocycles. The Balaban J connectivity index is 0. The van der Waals surface area contributed by atoms with Crippen LogP contribution >= 0.6 is 0 Å². The minimum Gasteiger partial charge on any atom is -0.486 e. The fraction of sp³-hybridized carbons (Fsp3) is 0.400. The van der Waals surface area contributed by atoms with E-state index in [0.717, 1.165) is 0 Å². The first-order chi connectivity index (χ1) is 4.22. The van der Waals surface area contributed by atoms with E-state index in [-0.39, 0.29) is 42.5 Å². The van der Waals surface area contributed by atoms with Crippen LogP contribution in [-0.4, -0.2) is 18.9 Å². The Hall–Kier alpha value is -0.0600. The molecule has 0 aliphatic heterocycles. The van der Waals surface area contributed by atoms with Gasteiger partial charge in [-0.25, -0.2) is 0 Å². The second-order valence-corrected chi connectivity index (χ2v) is 1.19. The molecule has 10 heavy (non-hydrogen) atoms. The Labute approximate surface area is 80.2 Å². The second-order valence-electron chi connectivity index (χ2n) is 1.19. The normalized spacial score (nSPS) is 7.40. The van der Waals surface area contributed by atoms with Crippen LogP contribution in [0.25, 0.3) is 0 Å². The molecular weight excluding hydrogens is 150 g/mol. The molecule has 5 heteroatoms. The van der Waals surface area contributed by atoms with Crippen LogP contribution in [0.5, 0.6) is 0 Å². The SMILES string of the molecule is CCOC(=O)[C-](F)C=O.[Na+]. The van der Waals surface area contributed by atoms with Crippen molar-refractivity contribution >= 4 is 12.3 Å². The van der Waals surface area contributed by atoms with Crippen molar-refractivity contribution in [3.05, 3.63) is 6.17 Å². The second kappa shape index (κ2) is 7.05. The van der Waals surface area contributed by atoms with Crippen LogP contribution in [0.3, 0.4) is 0 Å². The zero-order chi connectivity index (χ0) is 7.28. The van der Waals surface area contributed by atoms with Crippen LogP contribution < -0.4 is 29.6 Å². The number of aldehydes is 1. The van der Waals surface area contributed by atoms with Crippen molar-refractivity contribution in [2.24, 2.45) is 0 Å². The summed E-state index contributed by atoms with van der Waals surface area (Å²) in [6, 6.07) is 0. The smallest absolute Gasteiger partial charge is 0.486 e. The minimum absolute atomic E-state index is 0. The molecule has 52 valence electrons. The molecule has 0 bridgehead atoms. The van der Waals surface area contributed by atoms with E-state index in [2.05, 4.69) is 4.74 Å². The van der Waals surface area contributed by atoms with Gasteiger partial charge in [-0.15, -0.1) is 0 Å². The maximum Gasteiger partial charge on any atom is 1.00 e. The number of carbonyl (C=O) groups is 2. The number of hydrogen-bond donors (Lipinski definition) is 0. The van der Waals surface area contributed by atoms with Gasteiger partial charge >= 0.3 is 29.6 Å². The summed E-state index contributed by atoms with van der Waals surface area (Å²) >= 11 is 0. The molecule has 0 unspecified atom stereocenters. The molecule has 0 atom stereocenters. The number of carbonyl (C=O) groups excluding carboxylic acids is 2. The van der Waals surface area contributed by atoms with Crippen LogP contribution in [0.2, 0.25) is 0 Å². The first-order valence-electron chi connectivity index (χ1n) is 2.37.